The van der Waals surface area contributed by atoms with Gasteiger partial charge in [0.15, 0.2) is 6.29 Å². The van der Waals surface area contributed by atoms with E-state index in [-0.39, 0.29) is 22.8 Å². The van der Waals surface area contributed by atoms with Crippen molar-refractivity contribution in [1.82, 2.24) is 0 Å². The first-order valence-corrected chi connectivity index (χ1v) is 10.7. The number of esters is 2. The van der Waals surface area contributed by atoms with Crippen molar-refractivity contribution in [2.24, 2.45) is 0 Å². The highest BCUT2D eigenvalue weighted by Crippen LogP contribution is 2.38. The third-order valence-electron chi connectivity index (χ3n) is 5.23. The maximum atomic E-state index is 13.2. The normalized spacial score (nSPS) is 13.6. The highest BCUT2D eigenvalue weighted by atomic mass is 19.4. The molecule has 1 aliphatic heterocycles. The van der Waals surface area contributed by atoms with Crippen LogP contribution < -0.4 is 9.64 Å². The Morgan fingerprint density at radius 1 is 0.892 bits per heavy atom. The number of benzene rings is 2. The Bertz CT molecular complexity index is 1250. The molecule has 196 valence electrons. The smallest absolute Gasteiger partial charge is 0.416 e. The first-order chi connectivity index (χ1) is 17.6. The first kappa shape index (κ1) is 27.5. The minimum Gasteiger partial charge on any atom is -0.465 e. The largest absolute Gasteiger partial charge is 0.465 e. The fourth-order valence-corrected chi connectivity index (χ4v) is 3.54. The summed E-state index contributed by atoms with van der Waals surface area (Å²) in [6.07, 6.45) is 0.548. The molecule has 0 amide bonds. The molecule has 0 saturated heterocycles. The number of anilines is 1. The third-order valence-corrected chi connectivity index (χ3v) is 5.23. The Kier molecular flexibility index (Phi) is 8.74. The highest BCUT2D eigenvalue weighted by Gasteiger charge is 2.31. The Morgan fingerprint density at radius 3 is 2.22 bits per heavy atom. The van der Waals surface area contributed by atoms with Crippen LogP contribution in [0.4, 0.5) is 18.9 Å². The van der Waals surface area contributed by atoms with Crippen LogP contribution in [-0.2, 0) is 34.7 Å². The fraction of sp³-hybridized carbons (Fsp3) is 0.231. The fourth-order valence-electron chi connectivity index (χ4n) is 3.54. The predicted molar refractivity (Wildman–Crippen MR) is 127 cm³/mol. The van der Waals surface area contributed by atoms with E-state index in [1.807, 2.05) is 0 Å². The molecule has 0 N–H and O–H groups in total. The van der Waals surface area contributed by atoms with E-state index in [1.165, 1.54) is 63.8 Å². The monoisotopic (exact) mass is 519 g/mol. The molecule has 0 radical (unpaired) electrons. The van der Waals surface area contributed by atoms with E-state index in [0.29, 0.717) is 11.3 Å². The Hall–Kier alpha value is -4.09. The average molecular weight is 519 g/mol. The Balaban J connectivity index is 2.14. The van der Waals surface area contributed by atoms with Crippen molar-refractivity contribution in [3.63, 3.8) is 0 Å². The number of ether oxygens (including phenoxy) is 5. The van der Waals surface area contributed by atoms with Gasteiger partial charge in [0.05, 0.1) is 30.9 Å². The second-order valence-corrected chi connectivity index (χ2v) is 7.47. The molecule has 1 aliphatic rings. The van der Waals surface area contributed by atoms with Crippen LogP contribution in [-0.4, -0.2) is 40.4 Å². The van der Waals surface area contributed by atoms with Crippen LogP contribution >= 0.6 is 0 Å². The molecule has 11 heteroatoms. The number of hydrogen-bond donors (Lipinski definition) is 0. The summed E-state index contributed by atoms with van der Waals surface area (Å²) in [5.41, 5.74) is -0.381. The molecule has 2 aromatic rings. The van der Waals surface area contributed by atoms with Gasteiger partial charge in [-0.2, -0.15) is 13.2 Å². The lowest BCUT2D eigenvalue weighted by Crippen LogP contribution is -2.27. The van der Waals surface area contributed by atoms with E-state index < -0.39 is 30.0 Å². The molecule has 0 atom stereocenters. The second kappa shape index (κ2) is 11.8. The van der Waals surface area contributed by atoms with Crippen molar-refractivity contribution in [2.75, 3.05) is 33.3 Å². The average Bonchev–Trinajstić information content (AvgIpc) is 3.12. The molecule has 1 heterocycles. The van der Waals surface area contributed by atoms with Crippen LogP contribution in [0.3, 0.4) is 0 Å². The van der Waals surface area contributed by atoms with Gasteiger partial charge < -0.3 is 28.6 Å². The van der Waals surface area contributed by atoms with Gasteiger partial charge in [0.25, 0.3) is 0 Å². The van der Waals surface area contributed by atoms with Crippen LogP contribution in [0.1, 0.15) is 17.4 Å². The lowest BCUT2D eigenvalue weighted by atomic mass is 10.1. The van der Waals surface area contributed by atoms with Gasteiger partial charge in [0, 0.05) is 26.1 Å². The molecule has 0 bridgehead atoms. The van der Waals surface area contributed by atoms with Crippen molar-refractivity contribution >= 4 is 17.6 Å². The number of nitrogens with zero attached hydrogens (tertiary/aromatic N) is 1. The van der Waals surface area contributed by atoms with Gasteiger partial charge in [-0.1, -0.05) is 12.1 Å². The zero-order chi connectivity index (χ0) is 27.2. The number of halogens is 3. The highest BCUT2D eigenvalue weighted by molar-refractivity contribution is 6.05. The Morgan fingerprint density at radius 2 is 1.59 bits per heavy atom. The standard InChI is InChI=1S/C26H24F3NO7/c1-33-23(31)19-10-5-6-13-30(22(19)24(32)34-2)17-11-12-21(20(15-17)25(35-3)36-4)37-18-9-7-8-16(14-18)26(27,28)29/h5-15,25H,1-4H3. The summed E-state index contributed by atoms with van der Waals surface area (Å²) >= 11 is 0. The van der Waals surface area contributed by atoms with Crippen LogP contribution in [0.2, 0.25) is 0 Å². The van der Waals surface area contributed by atoms with Gasteiger partial charge in [0.2, 0.25) is 0 Å². The van der Waals surface area contributed by atoms with Gasteiger partial charge in [-0.05, 0) is 48.6 Å². The third kappa shape index (κ3) is 6.19. The van der Waals surface area contributed by atoms with Gasteiger partial charge in [-0.3, -0.25) is 0 Å². The maximum Gasteiger partial charge on any atom is 0.416 e. The second-order valence-electron chi connectivity index (χ2n) is 7.47. The number of carbonyl (C=O) groups is 2. The topological polar surface area (TPSA) is 83.5 Å². The molecular formula is C26H24F3NO7. The van der Waals surface area contributed by atoms with Gasteiger partial charge in [-0.15, -0.1) is 0 Å². The van der Waals surface area contributed by atoms with Gasteiger partial charge >= 0.3 is 18.1 Å². The van der Waals surface area contributed by atoms with Crippen LogP contribution in [0, 0.1) is 0 Å². The van der Waals surface area contributed by atoms with Crippen LogP contribution in [0.5, 0.6) is 11.5 Å². The van der Waals surface area contributed by atoms with Crippen molar-refractivity contribution < 1.29 is 46.4 Å². The van der Waals surface area contributed by atoms with Crippen molar-refractivity contribution in [2.45, 2.75) is 12.5 Å². The molecule has 2 aromatic carbocycles. The quantitative estimate of drug-likeness (QED) is 0.344. The Labute approximate surface area is 211 Å². The number of methoxy groups -OCH3 is 4. The van der Waals surface area contributed by atoms with Crippen LogP contribution in [0.15, 0.2) is 78.2 Å². The van der Waals surface area contributed by atoms with Crippen molar-refractivity contribution in [3.8, 4) is 11.5 Å². The minimum atomic E-state index is -4.55. The lowest BCUT2D eigenvalue weighted by Gasteiger charge is -2.25. The molecule has 3 rings (SSSR count). The molecule has 8 nitrogen and oxygen atoms in total. The zero-order valence-corrected chi connectivity index (χ0v) is 20.4. The summed E-state index contributed by atoms with van der Waals surface area (Å²) < 4.78 is 65.8. The summed E-state index contributed by atoms with van der Waals surface area (Å²) in [6, 6.07) is 8.99. The first-order valence-electron chi connectivity index (χ1n) is 10.7. The summed E-state index contributed by atoms with van der Waals surface area (Å²) in [7, 11) is 5.10. The zero-order valence-electron chi connectivity index (χ0n) is 20.4. The van der Waals surface area contributed by atoms with E-state index in [4.69, 9.17) is 23.7 Å². The number of carbonyl (C=O) groups excluding carboxylic acids is 2. The van der Waals surface area contributed by atoms with E-state index >= 15 is 0 Å². The molecule has 0 fully saturated rings. The SMILES string of the molecule is COC(=O)C1=C(C(=O)OC)N(c2ccc(Oc3cccc(C(F)(F)F)c3)c(C(OC)OC)c2)C=CC=C1. The summed E-state index contributed by atoms with van der Waals surface area (Å²) in [4.78, 5) is 26.5. The lowest BCUT2D eigenvalue weighted by molar-refractivity contribution is -0.139. The van der Waals surface area contributed by atoms with E-state index in [1.54, 1.807) is 24.3 Å². The number of rotatable bonds is 8. The van der Waals surface area contributed by atoms with Gasteiger partial charge in [0.1, 0.15) is 17.2 Å². The van der Waals surface area contributed by atoms with Crippen LogP contribution in [0.25, 0.3) is 0 Å². The number of allylic oxidation sites excluding steroid dienone is 2. The van der Waals surface area contributed by atoms with E-state index in [9.17, 15) is 22.8 Å². The number of alkyl halides is 3. The predicted octanol–water partition coefficient (Wildman–Crippen LogP) is 5.28. The molecule has 0 aliphatic carbocycles. The maximum absolute atomic E-state index is 13.2. The van der Waals surface area contributed by atoms with E-state index in [0.717, 1.165) is 12.1 Å². The minimum absolute atomic E-state index is 0.0553. The van der Waals surface area contributed by atoms with Crippen molar-refractivity contribution in [3.05, 3.63) is 89.3 Å². The molecule has 0 aromatic heterocycles. The molecule has 0 spiro atoms. The molecular weight excluding hydrogens is 495 g/mol. The summed E-state index contributed by atoms with van der Waals surface area (Å²) in [5, 5.41) is 0. The summed E-state index contributed by atoms with van der Waals surface area (Å²) in [5.74, 6) is -1.48. The van der Waals surface area contributed by atoms with E-state index in [2.05, 4.69) is 0 Å². The van der Waals surface area contributed by atoms with Gasteiger partial charge in [-0.25, -0.2) is 9.59 Å². The molecule has 37 heavy (non-hydrogen) atoms. The molecule has 0 unspecified atom stereocenters. The molecule has 0 saturated carbocycles. The summed E-state index contributed by atoms with van der Waals surface area (Å²) in [6.45, 7) is 0. The number of hydrogen-bond acceptors (Lipinski definition) is 8. The van der Waals surface area contributed by atoms with Crippen molar-refractivity contribution in [1.29, 1.82) is 0 Å².